The first-order valence-corrected chi connectivity index (χ1v) is 18.4. The predicted octanol–water partition coefficient (Wildman–Crippen LogP) is 11.5. The number of aromatic nitrogens is 2. The molecule has 1 atom stereocenters. The van der Waals surface area contributed by atoms with Gasteiger partial charge in [-0.2, -0.15) is 0 Å². The largest absolute Gasteiger partial charge is 0.324 e. The van der Waals surface area contributed by atoms with Crippen LogP contribution < -0.4 is 5.32 Å². The van der Waals surface area contributed by atoms with Gasteiger partial charge in [-0.3, -0.25) is 0 Å². The van der Waals surface area contributed by atoms with Crippen LogP contribution in [0.15, 0.2) is 198 Å². The molecule has 0 radical (unpaired) electrons. The second-order valence-corrected chi connectivity index (χ2v) is 13.8. The second-order valence-electron chi connectivity index (χ2n) is 13.8. The van der Waals surface area contributed by atoms with Crippen molar-refractivity contribution in [2.24, 2.45) is 9.98 Å². The Morgan fingerprint density at radius 1 is 0.389 bits per heavy atom. The van der Waals surface area contributed by atoms with Crippen molar-refractivity contribution in [2.45, 2.75) is 6.17 Å². The Labute approximate surface area is 311 Å². The van der Waals surface area contributed by atoms with E-state index in [-0.39, 0.29) is 0 Å². The smallest absolute Gasteiger partial charge is 0.172 e. The van der Waals surface area contributed by atoms with Crippen LogP contribution in [0.2, 0.25) is 0 Å². The lowest BCUT2D eigenvalue weighted by Gasteiger charge is -2.25. The lowest BCUT2D eigenvalue weighted by molar-refractivity contribution is 0.757. The molecule has 10 aromatic rings. The summed E-state index contributed by atoms with van der Waals surface area (Å²) < 4.78 is 4.75. The topological polar surface area (TPSA) is 46.6 Å². The minimum atomic E-state index is -0.534. The number of rotatable bonds is 5. The van der Waals surface area contributed by atoms with Gasteiger partial charge in [0.1, 0.15) is 11.7 Å². The molecule has 0 aliphatic carbocycles. The maximum absolute atomic E-state index is 5.54. The van der Waals surface area contributed by atoms with Gasteiger partial charge in [0, 0.05) is 43.9 Å². The van der Waals surface area contributed by atoms with Crippen LogP contribution in [0.1, 0.15) is 22.9 Å². The molecule has 1 aliphatic rings. The van der Waals surface area contributed by atoms with E-state index in [1.165, 1.54) is 27.1 Å². The summed E-state index contributed by atoms with van der Waals surface area (Å²) in [5, 5.41) is 10.8. The van der Waals surface area contributed by atoms with Gasteiger partial charge < -0.3 is 14.5 Å². The quantitative estimate of drug-likeness (QED) is 0.192. The number of nitrogens with one attached hydrogen (secondary N) is 1. The van der Waals surface area contributed by atoms with Crippen molar-refractivity contribution in [1.29, 1.82) is 0 Å². The summed E-state index contributed by atoms with van der Waals surface area (Å²) in [6, 6.07) is 66.7. The number of fused-ring (bicyclic) bond motifs is 7. The highest BCUT2D eigenvalue weighted by molar-refractivity contribution is 6.18. The Hall–Kier alpha value is -7.24. The van der Waals surface area contributed by atoms with Crippen molar-refractivity contribution in [1.82, 2.24) is 14.5 Å². The first-order valence-electron chi connectivity index (χ1n) is 18.4. The minimum Gasteiger partial charge on any atom is -0.324 e. The van der Waals surface area contributed by atoms with E-state index in [9.17, 15) is 0 Å². The molecule has 1 aliphatic heterocycles. The lowest BCUT2D eigenvalue weighted by Crippen LogP contribution is -2.36. The van der Waals surface area contributed by atoms with Crippen molar-refractivity contribution < 1.29 is 0 Å². The molecular formula is C49H33N5. The van der Waals surface area contributed by atoms with Crippen LogP contribution in [0, 0.1) is 0 Å². The van der Waals surface area contributed by atoms with Gasteiger partial charge in [-0.1, -0.05) is 146 Å². The normalized spacial score (nSPS) is 14.5. The zero-order valence-corrected chi connectivity index (χ0v) is 29.3. The predicted molar refractivity (Wildman–Crippen MR) is 224 cm³/mol. The van der Waals surface area contributed by atoms with Crippen molar-refractivity contribution >= 4 is 66.1 Å². The number of aliphatic imine (C=N–C) groups is 2. The van der Waals surface area contributed by atoms with Gasteiger partial charge in [0.15, 0.2) is 6.17 Å². The van der Waals surface area contributed by atoms with E-state index in [4.69, 9.17) is 9.98 Å². The average Bonchev–Trinajstić information content (AvgIpc) is 3.76. The maximum atomic E-state index is 5.54. The van der Waals surface area contributed by atoms with E-state index in [2.05, 4.69) is 196 Å². The molecule has 54 heavy (non-hydrogen) atoms. The highest BCUT2D eigenvalue weighted by Crippen LogP contribution is 2.40. The molecule has 5 heteroatoms. The third kappa shape index (κ3) is 4.72. The zero-order chi connectivity index (χ0) is 35.6. The fourth-order valence-electron chi connectivity index (χ4n) is 8.37. The first kappa shape index (κ1) is 30.4. The second kappa shape index (κ2) is 12.2. The molecule has 2 aromatic heterocycles. The Morgan fingerprint density at radius 3 is 1.57 bits per heavy atom. The molecule has 0 amide bonds. The SMILES string of the molecule is c1ccc(C2=NC(c3c(-n4c5ccccc5c5ccccc54)ccc4ccccc34)N=C(c3ccc4c5ccccc5n(-c5ccccc5)c4c3)N2)cc1. The Balaban J connectivity index is 1.18. The summed E-state index contributed by atoms with van der Waals surface area (Å²) in [6.45, 7) is 0. The highest BCUT2D eigenvalue weighted by Gasteiger charge is 2.27. The van der Waals surface area contributed by atoms with Crippen molar-refractivity contribution in [2.75, 3.05) is 0 Å². The number of hydrogen-bond donors (Lipinski definition) is 1. The summed E-state index contributed by atoms with van der Waals surface area (Å²) in [6.07, 6.45) is -0.534. The van der Waals surface area contributed by atoms with Crippen LogP contribution in [-0.2, 0) is 0 Å². The Kier molecular flexibility index (Phi) is 6.85. The van der Waals surface area contributed by atoms with Crippen LogP contribution in [0.25, 0.3) is 65.8 Å². The molecule has 0 saturated carbocycles. The lowest BCUT2D eigenvalue weighted by atomic mass is 9.99. The summed E-state index contributed by atoms with van der Waals surface area (Å²) >= 11 is 0. The highest BCUT2D eigenvalue weighted by atomic mass is 15.2. The third-order valence-electron chi connectivity index (χ3n) is 10.8. The van der Waals surface area contributed by atoms with E-state index in [1.807, 2.05) is 6.07 Å². The fraction of sp³-hybridized carbons (Fsp3) is 0.0204. The number of amidine groups is 2. The van der Waals surface area contributed by atoms with Gasteiger partial charge >= 0.3 is 0 Å². The first-order chi connectivity index (χ1) is 26.8. The van der Waals surface area contributed by atoms with Crippen LogP contribution in [0.3, 0.4) is 0 Å². The summed E-state index contributed by atoms with van der Waals surface area (Å²) in [5.41, 5.74) is 9.85. The molecule has 0 spiro atoms. The van der Waals surface area contributed by atoms with E-state index < -0.39 is 6.17 Å². The van der Waals surface area contributed by atoms with Crippen LogP contribution >= 0.6 is 0 Å². The molecule has 254 valence electrons. The van der Waals surface area contributed by atoms with Crippen LogP contribution in [0.4, 0.5) is 0 Å². The molecule has 11 rings (SSSR count). The molecule has 1 N–H and O–H groups in total. The molecule has 0 saturated heterocycles. The molecule has 0 fully saturated rings. The van der Waals surface area contributed by atoms with Crippen molar-refractivity contribution in [3.05, 3.63) is 205 Å². The van der Waals surface area contributed by atoms with Gasteiger partial charge in [0.25, 0.3) is 0 Å². The molecule has 5 nitrogen and oxygen atoms in total. The maximum Gasteiger partial charge on any atom is 0.172 e. The average molecular weight is 692 g/mol. The van der Waals surface area contributed by atoms with Crippen molar-refractivity contribution in [3.63, 3.8) is 0 Å². The third-order valence-corrected chi connectivity index (χ3v) is 10.8. The molecular weight excluding hydrogens is 659 g/mol. The summed E-state index contributed by atoms with van der Waals surface area (Å²) in [4.78, 5) is 11.0. The van der Waals surface area contributed by atoms with E-state index in [0.717, 1.165) is 67.1 Å². The van der Waals surface area contributed by atoms with Gasteiger partial charge in [-0.05, 0) is 53.2 Å². The Bertz CT molecular complexity index is 3080. The zero-order valence-electron chi connectivity index (χ0n) is 29.3. The van der Waals surface area contributed by atoms with Gasteiger partial charge in [-0.25, -0.2) is 9.98 Å². The molecule has 1 unspecified atom stereocenters. The summed E-state index contributed by atoms with van der Waals surface area (Å²) in [5.74, 6) is 1.57. The van der Waals surface area contributed by atoms with Crippen LogP contribution in [0.5, 0.6) is 0 Å². The van der Waals surface area contributed by atoms with Crippen molar-refractivity contribution in [3.8, 4) is 11.4 Å². The van der Waals surface area contributed by atoms with E-state index in [0.29, 0.717) is 0 Å². The number of hydrogen-bond acceptors (Lipinski definition) is 3. The number of para-hydroxylation sites is 4. The molecule has 3 heterocycles. The summed E-state index contributed by atoms with van der Waals surface area (Å²) in [7, 11) is 0. The van der Waals surface area contributed by atoms with Gasteiger partial charge in [0.05, 0.1) is 27.8 Å². The monoisotopic (exact) mass is 691 g/mol. The standard InChI is InChI=1S/C49H33N5/c1-3-16-33(17-4-1)47-50-48(34-27-29-40-39-23-9-12-24-41(39)53(45(40)31-34)35-18-5-2-6-19-35)52-49(51-47)46-36-20-8-7-15-32(36)28-30-44(46)54-42-25-13-10-21-37(42)38-22-11-14-26-43(38)54/h1-31,49H,(H,50,51,52). The minimum absolute atomic E-state index is 0.534. The van der Waals surface area contributed by atoms with Crippen LogP contribution in [-0.4, -0.2) is 20.8 Å². The van der Waals surface area contributed by atoms with Gasteiger partial charge in [-0.15, -0.1) is 0 Å². The van der Waals surface area contributed by atoms with E-state index >= 15 is 0 Å². The number of benzene rings is 8. The van der Waals surface area contributed by atoms with Gasteiger partial charge in [0.2, 0.25) is 0 Å². The molecule has 8 aromatic carbocycles. The molecule has 0 bridgehead atoms. The Morgan fingerprint density at radius 2 is 0.907 bits per heavy atom. The van der Waals surface area contributed by atoms with E-state index in [1.54, 1.807) is 0 Å². The fourth-order valence-corrected chi connectivity index (χ4v) is 8.37. The number of nitrogens with zero attached hydrogens (tertiary/aromatic N) is 4.